The Hall–Kier alpha value is -1.22. The second kappa shape index (κ2) is 5.75. The summed E-state index contributed by atoms with van der Waals surface area (Å²) in [5.74, 6) is 0.0966. The summed E-state index contributed by atoms with van der Waals surface area (Å²) in [6, 6.07) is 8.17. The number of thioether (sulfide) groups is 1. The quantitative estimate of drug-likeness (QED) is 0.591. The van der Waals surface area contributed by atoms with E-state index in [4.69, 9.17) is 0 Å². The minimum Gasteiger partial charge on any atom is -0.382 e. The molecule has 3 heteroatoms. The van der Waals surface area contributed by atoms with Crippen molar-refractivity contribution in [3.05, 3.63) is 40.9 Å². The summed E-state index contributed by atoms with van der Waals surface area (Å²) < 4.78 is 0. The number of carbonyl (C=O) groups is 1. The van der Waals surface area contributed by atoms with Gasteiger partial charge in [0.25, 0.3) is 0 Å². The van der Waals surface area contributed by atoms with Gasteiger partial charge in [-0.05, 0) is 26.0 Å². The number of benzene rings is 1. The molecule has 1 aromatic rings. The molecule has 2 nitrogen and oxygen atoms in total. The molecule has 0 aliphatic heterocycles. The molecule has 0 atom stereocenters. The number of nitrogens with zero attached hydrogens (tertiary/aromatic N) is 1. The molecular formula is C13H17NOS. The Labute approximate surface area is 101 Å². The van der Waals surface area contributed by atoms with E-state index in [9.17, 15) is 4.79 Å². The highest BCUT2D eigenvalue weighted by atomic mass is 32.2. The van der Waals surface area contributed by atoms with Gasteiger partial charge < -0.3 is 4.90 Å². The molecule has 0 radical (unpaired) electrons. The lowest BCUT2D eigenvalue weighted by atomic mass is 10.2. The van der Waals surface area contributed by atoms with E-state index in [-0.39, 0.29) is 5.78 Å². The third-order valence-corrected chi connectivity index (χ3v) is 3.09. The van der Waals surface area contributed by atoms with Gasteiger partial charge in [-0.15, -0.1) is 0 Å². The van der Waals surface area contributed by atoms with E-state index in [1.165, 1.54) is 17.3 Å². The van der Waals surface area contributed by atoms with Crippen LogP contribution in [0.5, 0.6) is 0 Å². The van der Waals surface area contributed by atoms with Crippen molar-refractivity contribution in [1.82, 2.24) is 4.90 Å². The van der Waals surface area contributed by atoms with Crippen LogP contribution < -0.4 is 0 Å². The molecule has 0 spiro atoms. The van der Waals surface area contributed by atoms with Crippen LogP contribution in [0, 0.1) is 6.92 Å². The van der Waals surface area contributed by atoms with Crippen LogP contribution in [-0.4, -0.2) is 24.8 Å². The van der Waals surface area contributed by atoms with Crippen molar-refractivity contribution in [2.24, 2.45) is 0 Å². The van der Waals surface area contributed by atoms with Gasteiger partial charge in [0.15, 0.2) is 5.78 Å². The lowest BCUT2D eigenvalue weighted by molar-refractivity contribution is -0.113. The molecule has 1 rings (SSSR count). The molecule has 0 aromatic heterocycles. The first-order chi connectivity index (χ1) is 7.49. The van der Waals surface area contributed by atoms with Gasteiger partial charge in [0.05, 0.1) is 4.91 Å². The van der Waals surface area contributed by atoms with E-state index < -0.39 is 0 Å². The van der Waals surface area contributed by atoms with Gasteiger partial charge in [-0.25, -0.2) is 0 Å². The van der Waals surface area contributed by atoms with E-state index in [0.717, 1.165) is 9.80 Å². The number of Topliss-reactive ketones (excluding diaryl/α,β-unsaturated/α-hetero) is 1. The largest absolute Gasteiger partial charge is 0.382 e. The van der Waals surface area contributed by atoms with Gasteiger partial charge in [0, 0.05) is 25.2 Å². The minimum atomic E-state index is 0.0966. The number of allylic oxidation sites excluding steroid dienone is 1. The standard InChI is InChI=1S/C13H17NOS/c1-10-5-7-12(8-6-10)16-13(11(2)15)9-14(3)4/h5-9H,1-4H3/b13-9+. The van der Waals surface area contributed by atoms with Gasteiger partial charge in [-0.3, -0.25) is 4.79 Å². The van der Waals surface area contributed by atoms with Crippen molar-refractivity contribution >= 4 is 17.5 Å². The second-order valence-electron chi connectivity index (χ2n) is 3.93. The third kappa shape index (κ3) is 4.11. The van der Waals surface area contributed by atoms with Crippen LogP contribution in [0.3, 0.4) is 0 Å². The Morgan fingerprint density at radius 1 is 1.25 bits per heavy atom. The van der Waals surface area contributed by atoms with Crippen molar-refractivity contribution in [2.75, 3.05) is 14.1 Å². The van der Waals surface area contributed by atoms with E-state index >= 15 is 0 Å². The van der Waals surface area contributed by atoms with Crippen molar-refractivity contribution in [3.63, 3.8) is 0 Å². The Morgan fingerprint density at radius 3 is 2.25 bits per heavy atom. The van der Waals surface area contributed by atoms with Crippen molar-refractivity contribution in [1.29, 1.82) is 0 Å². The fraction of sp³-hybridized carbons (Fsp3) is 0.308. The summed E-state index contributed by atoms with van der Waals surface area (Å²) in [5, 5.41) is 0. The predicted octanol–water partition coefficient (Wildman–Crippen LogP) is 3.08. The number of carbonyl (C=O) groups excluding carboxylic acids is 1. The Balaban J connectivity index is 2.84. The molecule has 0 aliphatic rings. The fourth-order valence-electron chi connectivity index (χ4n) is 1.16. The van der Waals surface area contributed by atoms with Crippen LogP contribution in [0.25, 0.3) is 0 Å². The van der Waals surface area contributed by atoms with Gasteiger partial charge >= 0.3 is 0 Å². The molecule has 0 unspecified atom stereocenters. The summed E-state index contributed by atoms with van der Waals surface area (Å²) in [4.78, 5) is 15.2. The van der Waals surface area contributed by atoms with Crippen molar-refractivity contribution in [3.8, 4) is 0 Å². The van der Waals surface area contributed by atoms with Crippen molar-refractivity contribution in [2.45, 2.75) is 18.7 Å². The van der Waals surface area contributed by atoms with Crippen LogP contribution in [-0.2, 0) is 4.79 Å². The van der Waals surface area contributed by atoms with E-state index in [0.29, 0.717) is 0 Å². The van der Waals surface area contributed by atoms with E-state index in [1.807, 2.05) is 37.3 Å². The first kappa shape index (κ1) is 12.8. The van der Waals surface area contributed by atoms with Gasteiger partial charge in [-0.2, -0.15) is 0 Å². The summed E-state index contributed by atoms with van der Waals surface area (Å²) in [6.45, 7) is 3.65. The van der Waals surface area contributed by atoms with Gasteiger partial charge in [-0.1, -0.05) is 29.5 Å². The maximum absolute atomic E-state index is 11.4. The van der Waals surface area contributed by atoms with Gasteiger partial charge in [0.1, 0.15) is 0 Å². The van der Waals surface area contributed by atoms with Crippen LogP contribution >= 0.6 is 11.8 Å². The zero-order valence-electron chi connectivity index (χ0n) is 10.2. The Kier molecular flexibility index (Phi) is 4.62. The maximum atomic E-state index is 11.4. The minimum absolute atomic E-state index is 0.0966. The van der Waals surface area contributed by atoms with Crippen molar-refractivity contribution < 1.29 is 4.79 Å². The molecule has 16 heavy (non-hydrogen) atoms. The zero-order chi connectivity index (χ0) is 12.1. The van der Waals surface area contributed by atoms with E-state index in [1.54, 1.807) is 6.92 Å². The summed E-state index contributed by atoms with van der Waals surface area (Å²) in [7, 11) is 3.83. The molecule has 86 valence electrons. The Bertz CT molecular complexity index is 393. The first-order valence-corrected chi connectivity index (χ1v) is 5.94. The lowest BCUT2D eigenvalue weighted by Crippen LogP contribution is -2.05. The highest BCUT2D eigenvalue weighted by Crippen LogP contribution is 2.27. The highest BCUT2D eigenvalue weighted by molar-refractivity contribution is 8.04. The molecule has 1 aromatic carbocycles. The second-order valence-corrected chi connectivity index (χ2v) is 5.04. The molecule has 0 bridgehead atoms. The monoisotopic (exact) mass is 235 g/mol. The maximum Gasteiger partial charge on any atom is 0.167 e. The number of rotatable bonds is 4. The zero-order valence-corrected chi connectivity index (χ0v) is 11.0. The summed E-state index contributed by atoms with van der Waals surface area (Å²) >= 11 is 1.50. The molecule has 0 saturated heterocycles. The first-order valence-electron chi connectivity index (χ1n) is 5.13. The number of aryl methyl sites for hydroxylation is 1. The molecular weight excluding hydrogens is 218 g/mol. The predicted molar refractivity (Wildman–Crippen MR) is 69.5 cm³/mol. The average molecular weight is 235 g/mol. The molecule has 0 amide bonds. The summed E-state index contributed by atoms with van der Waals surface area (Å²) in [6.07, 6.45) is 1.85. The normalized spacial score (nSPS) is 11.4. The van der Waals surface area contributed by atoms with Crippen LogP contribution in [0.4, 0.5) is 0 Å². The smallest absolute Gasteiger partial charge is 0.167 e. The molecule has 0 N–H and O–H groups in total. The molecule has 0 heterocycles. The third-order valence-electron chi connectivity index (χ3n) is 1.97. The highest BCUT2D eigenvalue weighted by Gasteiger charge is 2.06. The van der Waals surface area contributed by atoms with Gasteiger partial charge in [0.2, 0.25) is 0 Å². The molecule has 0 fully saturated rings. The SMILES string of the molecule is CC(=O)/C(=C\N(C)C)Sc1ccc(C)cc1. The van der Waals surface area contributed by atoms with E-state index in [2.05, 4.69) is 19.1 Å². The molecule has 0 aliphatic carbocycles. The Morgan fingerprint density at radius 2 is 1.81 bits per heavy atom. The average Bonchev–Trinajstić information content (AvgIpc) is 2.19. The topological polar surface area (TPSA) is 20.3 Å². The van der Waals surface area contributed by atoms with Crippen LogP contribution in [0.2, 0.25) is 0 Å². The van der Waals surface area contributed by atoms with Crippen LogP contribution in [0.1, 0.15) is 12.5 Å². The fourth-order valence-corrected chi connectivity index (χ4v) is 2.09. The van der Waals surface area contributed by atoms with Crippen LogP contribution in [0.15, 0.2) is 40.3 Å². The lowest BCUT2D eigenvalue weighted by Gasteiger charge is -2.09. The summed E-state index contributed by atoms with van der Waals surface area (Å²) in [5.41, 5.74) is 1.23. The number of hydrogen-bond donors (Lipinski definition) is 0. The number of ketones is 1. The number of hydrogen-bond acceptors (Lipinski definition) is 3. The molecule has 0 saturated carbocycles.